The van der Waals surface area contributed by atoms with E-state index in [1.165, 1.54) is 11.3 Å². The highest BCUT2D eigenvalue weighted by Gasteiger charge is 2.19. The van der Waals surface area contributed by atoms with E-state index in [-0.39, 0.29) is 0 Å². The molecule has 0 unspecified atom stereocenters. The molecule has 20 heavy (non-hydrogen) atoms. The number of para-hydroxylation sites is 1. The predicted molar refractivity (Wildman–Crippen MR) is 82.1 cm³/mol. The van der Waals surface area contributed by atoms with Crippen molar-refractivity contribution in [2.24, 2.45) is 0 Å². The molecule has 6 heteroatoms. The third-order valence-corrected chi connectivity index (χ3v) is 3.83. The van der Waals surface area contributed by atoms with Crippen LogP contribution in [0.1, 0.15) is 24.3 Å². The maximum atomic E-state index is 12.0. The average Bonchev–Trinajstić information content (AvgIpc) is 2.82. The van der Waals surface area contributed by atoms with Crippen LogP contribution in [0.25, 0.3) is 10.4 Å². The van der Waals surface area contributed by atoms with Crippen molar-refractivity contribution in [1.82, 2.24) is 4.98 Å². The number of aromatic amines is 1. The first-order valence-electron chi connectivity index (χ1n) is 6.29. The summed E-state index contributed by atoms with van der Waals surface area (Å²) in [6, 6.07) is 7.57. The Kier molecular flexibility index (Phi) is 4.92. The topological polar surface area (TPSA) is 51.3 Å². The highest BCUT2D eigenvalue weighted by Crippen LogP contribution is 2.36. The van der Waals surface area contributed by atoms with Crippen LogP contribution in [0.5, 0.6) is 5.75 Å². The molecule has 0 amide bonds. The van der Waals surface area contributed by atoms with Crippen molar-refractivity contribution in [3.05, 3.63) is 33.9 Å². The van der Waals surface area contributed by atoms with Crippen molar-refractivity contribution in [2.45, 2.75) is 13.8 Å². The fraction of sp³-hybridized carbons (Fsp3) is 0.286. The third-order valence-electron chi connectivity index (χ3n) is 2.56. The maximum Gasteiger partial charge on any atom is 0.356 e. The minimum atomic E-state index is -0.402. The van der Waals surface area contributed by atoms with Gasteiger partial charge in [0.25, 0.3) is 0 Å². The standard InChI is InChI=1S/C14H15NO3S2/c1-3-17-10-8-6-5-7-9(10)12-11(13(16)18-4-2)15-14(19)20-12/h5-8H,3-4H2,1-2H3,(H,15,19). The Hall–Kier alpha value is -1.66. The zero-order chi connectivity index (χ0) is 14.5. The van der Waals surface area contributed by atoms with Crippen LogP contribution < -0.4 is 4.74 Å². The van der Waals surface area contributed by atoms with Gasteiger partial charge in [-0.3, -0.25) is 0 Å². The summed E-state index contributed by atoms with van der Waals surface area (Å²) in [5.74, 6) is 0.326. The number of nitrogens with one attached hydrogen (secondary N) is 1. The summed E-state index contributed by atoms with van der Waals surface area (Å²) in [4.78, 5) is 15.6. The zero-order valence-electron chi connectivity index (χ0n) is 11.3. The highest BCUT2D eigenvalue weighted by atomic mass is 32.1. The fourth-order valence-electron chi connectivity index (χ4n) is 1.80. The van der Waals surface area contributed by atoms with Gasteiger partial charge in [-0.1, -0.05) is 12.1 Å². The Bertz CT molecular complexity index is 660. The van der Waals surface area contributed by atoms with Crippen LogP contribution in [-0.2, 0) is 4.74 Å². The molecule has 0 spiro atoms. The summed E-state index contributed by atoms with van der Waals surface area (Å²) >= 11 is 6.49. The molecular formula is C14H15NO3S2. The molecule has 4 nitrogen and oxygen atoms in total. The minimum Gasteiger partial charge on any atom is -0.493 e. The number of ether oxygens (including phenoxy) is 2. The molecule has 0 aliphatic carbocycles. The molecule has 2 rings (SSSR count). The van der Waals surface area contributed by atoms with E-state index in [1.807, 2.05) is 31.2 Å². The van der Waals surface area contributed by atoms with E-state index in [1.54, 1.807) is 6.92 Å². The molecule has 1 aromatic heterocycles. The molecule has 0 aliphatic rings. The van der Waals surface area contributed by atoms with E-state index in [2.05, 4.69) is 4.98 Å². The lowest BCUT2D eigenvalue weighted by molar-refractivity contribution is 0.0521. The molecule has 2 aromatic rings. The van der Waals surface area contributed by atoms with Crippen LogP contribution in [0, 0.1) is 3.95 Å². The molecule has 1 heterocycles. The van der Waals surface area contributed by atoms with Crippen molar-refractivity contribution in [2.75, 3.05) is 13.2 Å². The van der Waals surface area contributed by atoms with Gasteiger partial charge in [0.05, 0.1) is 18.1 Å². The number of esters is 1. The summed E-state index contributed by atoms with van der Waals surface area (Å²) in [5.41, 5.74) is 1.23. The summed E-state index contributed by atoms with van der Waals surface area (Å²) in [5, 5.41) is 0. The first-order valence-corrected chi connectivity index (χ1v) is 7.52. The monoisotopic (exact) mass is 309 g/mol. The van der Waals surface area contributed by atoms with Crippen molar-refractivity contribution < 1.29 is 14.3 Å². The number of aromatic nitrogens is 1. The number of hydrogen-bond donors (Lipinski definition) is 1. The normalized spacial score (nSPS) is 10.3. The van der Waals surface area contributed by atoms with Crippen LogP contribution in [-0.4, -0.2) is 24.2 Å². The van der Waals surface area contributed by atoms with Crippen molar-refractivity contribution >= 4 is 29.5 Å². The van der Waals surface area contributed by atoms with Gasteiger partial charge in [-0.25, -0.2) is 4.79 Å². The van der Waals surface area contributed by atoms with Crippen LogP contribution >= 0.6 is 23.6 Å². The lowest BCUT2D eigenvalue weighted by atomic mass is 10.1. The highest BCUT2D eigenvalue weighted by molar-refractivity contribution is 7.73. The minimum absolute atomic E-state index is 0.321. The number of thiazole rings is 1. The second-order valence-corrected chi connectivity index (χ2v) is 5.56. The maximum absolute atomic E-state index is 12.0. The average molecular weight is 309 g/mol. The molecule has 0 atom stereocenters. The summed E-state index contributed by atoms with van der Waals surface area (Å²) < 4.78 is 11.2. The predicted octanol–water partition coefficient (Wildman–Crippen LogP) is 4.05. The quantitative estimate of drug-likeness (QED) is 0.669. The van der Waals surface area contributed by atoms with Crippen LogP contribution in [0.15, 0.2) is 24.3 Å². The first kappa shape index (κ1) is 14.7. The van der Waals surface area contributed by atoms with Crippen LogP contribution in [0.4, 0.5) is 0 Å². The Morgan fingerprint density at radius 2 is 2.05 bits per heavy atom. The summed E-state index contributed by atoms with van der Waals surface area (Å²) in [6.07, 6.45) is 0. The van der Waals surface area contributed by atoms with Gasteiger partial charge in [0.2, 0.25) is 0 Å². The fourth-order valence-corrected chi connectivity index (χ4v) is 3.01. The van der Waals surface area contributed by atoms with Crippen LogP contribution in [0.2, 0.25) is 0 Å². The molecule has 0 fully saturated rings. The van der Waals surface area contributed by atoms with Gasteiger partial charge in [-0.05, 0) is 38.2 Å². The van der Waals surface area contributed by atoms with Gasteiger partial charge >= 0.3 is 5.97 Å². The molecule has 0 aliphatic heterocycles. The van der Waals surface area contributed by atoms with Crippen molar-refractivity contribution in [3.63, 3.8) is 0 Å². The van der Waals surface area contributed by atoms with E-state index in [9.17, 15) is 4.79 Å². The molecule has 0 saturated heterocycles. The van der Waals surface area contributed by atoms with Gasteiger partial charge in [-0.15, -0.1) is 11.3 Å². The second kappa shape index (κ2) is 6.67. The van der Waals surface area contributed by atoms with Gasteiger partial charge in [0.15, 0.2) is 3.95 Å². The van der Waals surface area contributed by atoms with Crippen molar-refractivity contribution in [1.29, 1.82) is 0 Å². The summed E-state index contributed by atoms with van der Waals surface area (Å²) in [7, 11) is 0. The molecule has 106 valence electrons. The Morgan fingerprint density at radius 3 is 2.75 bits per heavy atom. The number of carbonyl (C=O) groups is 1. The lowest BCUT2D eigenvalue weighted by Crippen LogP contribution is -2.06. The van der Waals surface area contributed by atoms with E-state index in [4.69, 9.17) is 21.7 Å². The Balaban J connectivity index is 2.53. The third kappa shape index (κ3) is 3.08. The molecule has 1 aromatic carbocycles. The Morgan fingerprint density at radius 1 is 1.30 bits per heavy atom. The van der Waals surface area contributed by atoms with Gasteiger partial charge in [0, 0.05) is 5.56 Å². The molecule has 0 bridgehead atoms. The number of hydrogen-bond acceptors (Lipinski definition) is 5. The molecular weight excluding hydrogens is 294 g/mol. The smallest absolute Gasteiger partial charge is 0.356 e. The molecule has 1 N–H and O–H groups in total. The lowest BCUT2D eigenvalue weighted by Gasteiger charge is -2.09. The van der Waals surface area contributed by atoms with E-state index >= 15 is 0 Å². The first-order chi connectivity index (χ1) is 9.67. The van der Waals surface area contributed by atoms with Gasteiger partial charge in [-0.2, -0.15) is 0 Å². The number of H-pyrrole nitrogens is 1. The number of carbonyl (C=O) groups excluding carboxylic acids is 1. The zero-order valence-corrected chi connectivity index (χ0v) is 12.9. The van der Waals surface area contributed by atoms with E-state index < -0.39 is 5.97 Å². The van der Waals surface area contributed by atoms with E-state index in [0.717, 1.165) is 16.2 Å². The second-order valence-electron chi connectivity index (χ2n) is 3.87. The summed E-state index contributed by atoms with van der Waals surface area (Å²) in [6.45, 7) is 4.57. The Labute approximate surface area is 126 Å². The largest absolute Gasteiger partial charge is 0.493 e. The van der Waals surface area contributed by atoms with Gasteiger partial charge < -0.3 is 14.5 Å². The van der Waals surface area contributed by atoms with Crippen LogP contribution in [0.3, 0.4) is 0 Å². The van der Waals surface area contributed by atoms with E-state index in [0.29, 0.717) is 22.9 Å². The SMILES string of the molecule is CCOC(=O)c1[nH]c(=S)sc1-c1ccccc1OCC. The van der Waals surface area contributed by atoms with Gasteiger partial charge in [0.1, 0.15) is 11.4 Å². The molecule has 0 saturated carbocycles. The number of rotatable bonds is 5. The van der Waals surface area contributed by atoms with Crippen molar-refractivity contribution in [3.8, 4) is 16.2 Å². The molecule has 0 radical (unpaired) electrons. The number of benzene rings is 1.